The molecular formula is C21H14ClNO3. The second kappa shape index (κ2) is 6.65. The lowest BCUT2D eigenvalue weighted by atomic mass is 10.1. The molecule has 0 N–H and O–H groups in total. The molecule has 0 aliphatic carbocycles. The monoisotopic (exact) mass is 363 g/mol. The second-order valence-electron chi connectivity index (χ2n) is 5.79. The van der Waals surface area contributed by atoms with Crippen molar-refractivity contribution in [3.63, 3.8) is 0 Å². The van der Waals surface area contributed by atoms with Crippen molar-refractivity contribution in [3.05, 3.63) is 82.5 Å². The number of benzene rings is 3. The van der Waals surface area contributed by atoms with E-state index in [1.54, 1.807) is 31.4 Å². The van der Waals surface area contributed by atoms with E-state index in [2.05, 4.69) is 4.99 Å². The van der Waals surface area contributed by atoms with Crippen molar-refractivity contribution in [3.8, 4) is 5.75 Å². The van der Waals surface area contributed by atoms with Crippen LogP contribution in [-0.4, -0.2) is 19.0 Å². The van der Waals surface area contributed by atoms with E-state index in [9.17, 15) is 4.79 Å². The highest BCUT2D eigenvalue weighted by Crippen LogP contribution is 2.27. The number of cyclic esters (lactones) is 1. The number of aliphatic imine (C=N–C) groups is 1. The van der Waals surface area contributed by atoms with Gasteiger partial charge in [-0.15, -0.1) is 0 Å². The average molecular weight is 364 g/mol. The highest BCUT2D eigenvalue weighted by atomic mass is 35.5. The predicted octanol–water partition coefficient (Wildman–Crippen LogP) is 4.85. The number of hydrogen-bond donors (Lipinski definition) is 0. The topological polar surface area (TPSA) is 47.9 Å². The van der Waals surface area contributed by atoms with E-state index >= 15 is 0 Å². The van der Waals surface area contributed by atoms with Crippen LogP contribution in [0.1, 0.15) is 11.1 Å². The standard InChI is InChI=1S/C21H14ClNO3/c1-25-19-9-6-13(10-17(19)22)11-18-21(24)26-20(23-18)16-8-7-14-4-2-3-5-15(14)12-16/h2-12H,1H3/b18-11-. The van der Waals surface area contributed by atoms with Gasteiger partial charge in [-0.05, 0) is 46.7 Å². The van der Waals surface area contributed by atoms with Crippen molar-refractivity contribution < 1.29 is 14.3 Å². The highest BCUT2D eigenvalue weighted by Gasteiger charge is 2.24. The van der Waals surface area contributed by atoms with Gasteiger partial charge in [0.1, 0.15) is 5.75 Å². The Labute approximate surface area is 155 Å². The fourth-order valence-corrected chi connectivity index (χ4v) is 3.05. The molecular weight excluding hydrogens is 350 g/mol. The van der Waals surface area contributed by atoms with Gasteiger partial charge in [-0.1, -0.05) is 48.0 Å². The molecule has 0 spiro atoms. The number of nitrogens with zero attached hydrogens (tertiary/aromatic N) is 1. The number of carbonyl (C=O) groups is 1. The lowest BCUT2D eigenvalue weighted by Gasteiger charge is -2.03. The van der Waals surface area contributed by atoms with Gasteiger partial charge in [0.25, 0.3) is 0 Å². The number of esters is 1. The Hall–Kier alpha value is -3.11. The number of halogens is 1. The number of methoxy groups -OCH3 is 1. The zero-order valence-electron chi connectivity index (χ0n) is 13.9. The Balaban J connectivity index is 1.69. The van der Waals surface area contributed by atoms with E-state index in [0.29, 0.717) is 16.7 Å². The molecule has 0 bridgehead atoms. The lowest BCUT2D eigenvalue weighted by molar-refractivity contribution is -0.129. The molecule has 0 atom stereocenters. The zero-order valence-corrected chi connectivity index (χ0v) is 14.7. The third-order valence-electron chi connectivity index (χ3n) is 4.10. The molecule has 4 nitrogen and oxygen atoms in total. The quantitative estimate of drug-likeness (QED) is 0.494. The summed E-state index contributed by atoms with van der Waals surface area (Å²) in [6, 6.07) is 19.1. The molecule has 0 fully saturated rings. The van der Waals surface area contributed by atoms with Crippen LogP contribution in [-0.2, 0) is 9.53 Å². The first-order valence-corrected chi connectivity index (χ1v) is 8.37. The van der Waals surface area contributed by atoms with Crippen LogP contribution in [0.5, 0.6) is 5.75 Å². The fraction of sp³-hybridized carbons (Fsp3) is 0.0476. The summed E-state index contributed by atoms with van der Waals surface area (Å²) in [7, 11) is 1.55. The van der Waals surface area contributed by atoms with E-state index in [-0.39, 0.29) is 5.70 Å². The van der Waals surface area contributed by atoms with Gasteiger partial charge >= 0.3 is 5.97 Å². The molecule has 0 radical (unpaired) electrons. The van der Waals surface area contributed by atoms with Crippen LogP contribution in [0.2, 0.25) is 5.02 Å². The van der Waals surface area contributed by atoms with Gasteiger partial charge in [-0.3, -0.25) is 0 Å². The molecule has 0 aromatic heterocycles. The molecule has 3 aromatic carbocycles. The highest BCUT2D eigenvalue weighted by molar-refractivity contribution is 6.32. The molecule has 5 heteroatoms. The van der Waals surface area contributed by atoms with Gasteiger partial charge in [0.2, 0.25) is 5.90 Å². The van der Waals surface area contributed by atoms with Crippen molar-refractivity contribution in [2.75, 3.05) is 7.11 Å². The maximum atomic E-state index is 12.2. The summed E-state index contributed by atoms with van der Waals surface area (Å²) in [5, 5.41) is 2.64. The van der Waals surface area contributed by atoms with E-state index in [1.807, 2.05) is 42.5 Å². The van der Waals surface area contributed by atoms with Crippen molar-refractivity contribution in [1.82, 2.24) is 0 Å². The Morgan fingerprint density at radius 1 is 1.04 bits per heavy atom. The normalized spacial score (nSPS) is 15.2. The Morgan fingerprint density at radius 2 is 1.85 bits per heavy atom. The average Bonchev–Trinajstić information content (AvgIpc) is 3.02. The Kier molecular flexibility index (Phi) is 4.19. The largest absolute Gasteiger partial charge is 0.495 e. The van der Waals surface area contributed by atoms with E-state index in [0.717, 1.165) is 21.9 Å². The van der Waals surface area contributed by atoms with E-state index in [4.69, 9.17) is 21.1 Å². The molecule has 26 heavy (non-hydrogen) atoms. The molecule has 3 aromatic rings. The summed E-state index contributed by atoms with van der Waals surface area (Å²) < 4.78 is 10.5. The summed E-state index contributed by atoms with van der Waals surface area (Å²) in [5.41, 5.74) is 1.73. The third kappa shape index (κ3) is 3.07. The molecule has 0 saturated carbocycles. The first kappa shape index (κ1) is 16.4. The SMILES string of the molecule is COc1ccc(/C=C2\N=C(c3ccc4ccccc4c3)OC2=O)cc1Cl. The van der Waals surface area contributed by atoms with Gasteiger partial charge in [0.15, 0.2) is 5.70 Å². The molecule has 128 valence electrons. The van der Waals surface area contributed by atoms with Crippen LogP contribution < -0.4 is 4.74 Å². The molecule has 1 aliphatic rings. The molecule has 0 saturated heterocycles. The van der Waals surface area contributed by atoms with Gasteiger partial charge in [-0.2, -0.15) is 0 Å². The number of hydrogen-bond acceptors (Lipinski definition) is 4. The van der Waals surface area contributed by atoms with Crippen molar-refractivity contribution in [2.24, 2.45) is 4.99 Å². The molecule has 0 amide bonds. The van der Waals surface area contributed by atoms with E-state index < -0.39 is 5.97 Å². The number of rotatable bonds is 3. The summed E-state index contributed by atoms with van der Waals surface area (Å²) in [4.78, 5) is 16.5. The maximum Gasteiger partial charge on any atom is 0.363 e. The van der Waals surface area contributed by atoms with Crippen LogP contribution in [0.15, 0.2) is 71.4 Å². The fourth-order valence-electron chi connectivity index (χ4n) is 2.79. The van der Waals surface area contributed by atoms with Crippen LogP contribution in [0.4, 0.5) is 0 Å². The number of fused-ring (bicyclic) bond motifs is 1. The first-order chi connectivity index (χ1) is 12.6. The summed E-state index contributed by atoms with van der Waals surface area (Å²) in [5.74, 6) is 0.384. The minimum Gasteiger partial charge on any atom is -0.495 e. The third-order valence-corrected chi connectivity index (χ3v) is 4.39. The number of ether oxygens (including phenoxy) is 2. The van der Waals surface area contributed by atoms with Crippen molar-refractivity contribution in [1.29, 1.82) is 0 Å². The van der Waals surface area contributed by atoms with Crippen LogP contribution >= 0.6 is 11.6 Å². The number of carbonyl (C=O) groups excluding carboxylic acids is 1. The smallest absolute Gasteiger partial charge is 0.363 e. The second-order valence-corrected chi connectivity index (χ2v) is 6.20. The van der Waals surface area contributed by atoms with Gasteiger partial charge in [0.05, 0.1) is 12.1 Å². The minimum absolute atomic E-state index is 0.231. The lowest BCUT2D eigenvalue weighted by Crippen LogP contribution is -2.05. The van der Waals surface area contributed by atoms with E-state index in [1.165, 1.54) is 0 Å². The molecule has 0 unspecified atom stereocenters. The maximum absolute atomic E-state index is 12.2. The summed E-state index contributed by atoms with van der Waals surface area (Å²) >= 11 is 6.13. The van der Waals surface area contributed by atoms with Crippen molar-refractivity contribution >= 4 is 40.3 Å². The van der Waals surface area contributed by atoms with Gasteiger partial charge in [0, 0.05) is 5.56 Å². The van der Waals surface area contributed by atoms with Crippen LogP contribution in [0, 0.1) is 0 Å². The minimum atomic E-state index is -0.486. The summed E-state index contributed by atoms with van der Waals surface area (Å²) in [6.07, 6.45) is 1.64. The van der Waals surface area contributed by atoms with Gasteiger partial charge < -0.3 is 9.47 Å². The van der Waals surface area contributed by atoms with Crippen molar-refractivity contribution in [2.45, 2.75) is 0 Å². The van der Waals surface area contributed by atoms with Crippen LogP contribution in [0.25, 0.3) is 16.8 Å². The van der Waals surface area contributed by atoms with Gasteiger partial charge in [-0.25, -0.2) is 9.79 Å². The molecule has 1 aliphatic heterocycles. The Bertz CT molecular complexity index is 1090. The Morgan fingerprint density at radius 3 is 2.62 bits per heavy atom. The summed E-state index contributed by atoms with van der Waals surface area (Å²) in [6.45, 7) is 0. The zero-order chi connectivity index (χ0) is 18.1. The predicted molar refractivity (Wildman–Crippen MR) is 103 cm³/mol. The first-order valence-electron chi connectivity index (χ1n) is 7.99. The molecule has 4 rings (SSSR count). The van der Waals surface area contributed by atoms with Crippen LogP contribution in [0.3, 0.4) is 0 Å². The molecule has 1 heterocycles.